The minimum Gasteiger partial charge on any atom is -0.508 e. The highest BCUT2D eigenvalue weighted by atomic mass is 16.5. The van der Waals surface area contributed by atoms with Gasteiger partial charge in [0.05, 0.1) is 12.2 Å². The molecule has 0 spiro atoms. The number of benzene rings is 2. The smallest absolute Gasteiger partial charge is 0.343 e. The Hall–Kier alpha value is -2.49. The Morgan fingerprint density at radius 3 is 2.37 bits per heavy atom. The second-order valence-corrected chi connectivity index (χ2v) is 6.23. The van der Waals surface area contributed by atoms with Gasteiger partial charge in [-0.3, -0.25) is 0 Å². The predicted octanol–water partition coefficient (Wildman–Crippen LogP) is 0.126. The third-order valence-corrected chi connectivity index (χ3v) is 4.42. The van der Waals surface area contributed by atoms with Crippen LogP contribution in [0.5, 0.6) is 11.5 Å². The third-order valence-electron chi connectivity index (χ3n) is 4.42. The predicted molar refractivity (Wildman–Crippen MR) is 92.2 cm³/mol. The third kappa shape index (κ3) is 3.95. The summed E-state index contributed by atoms with van der Waals surface area (Å²) < 4.78 is 10.7. The summed E-state index contributed by atoms with van der Waals surface area (Å²) in [6, 6.07) is 12.2. The van der Waals surface area contributed by atoms with Crippen molar-refractivity contribution in [2.45, 2.75) is 30.5 Å². The van der Waals surface area contributed by atoms with Gasteiger partial charge in [-0.1, -0.05) is 18.2 Å². The van der Waals surface area contributed by atoms with Crippen LogP contribution in [0.4, 0.5) is 0 Å². The lowest BCUT2D eigenvalue weighted by Gasteiger charge is -2.40. The average molecular weight is 376 g/mol. The van der Waals surface area contributed by atoms with E-state index in [1.807, 2.05) is 0 Å². The molecular weight excluding hydrogens is 356 g/mol. The lowest BCUT2D eigenvalue weighted by atomic mass is 9.91. The Morgan fingerprint density at radius 1 is 1.00 bits per heavy atom. The van der Waals surface area contributed by atoms with E-state index in [0.717, 1.165) is 0 Å². The first kappa shape index (κ1) is 19.3. The summed E-state index contributed by atoms with van der Waals surface area (Å²) in [5.41, 5.74) is 0.380. The van der Waals surface area contributed by atoms with Crippen LogP contribution >= 0.6 is 0 Å². The van der Waals surface area contributed by atoms with Crippen molar-refractivity contribution in [3.8, 4) is 11.5 Å². The van der Waals surface area contributed by atoms with E-state index in [4.69, 9.17) is 9.47 Å². The number of hydrogen-bond donors (Lipinski definition) is 5. The second kappa shape index (κ2) is 8.03. The molecule has 0 radical (unpaired) electrons. The second-order valence-electron chi connectivity index (χ2n) is 6.23. The molecule has 2 aromatic carbocycles. The normalized spacial score (nSPS) is 27.9. The zero-order valence-corrected chi connectivity index (χ0v) is 14.2. The molecule has 1 fully saturated rings. The van der Waals surface area contributed by atoms with Crippen molar-refractivity contribution >= 4 is 5.97 Å². The maximum Gasteiger partial charge on any atom is 0.343 e. The molecule has 0 bridgehead atoms. The van der Waals surface area contributed by atoms with Crippen molar-refractivity contribution in [1.82, 2.24) is 0 Å². The number of carbonyl (C=O) groups excluding carboxylic acids is 1. The Balaban J connectivity index is 1.86. The number of aliphatic hydroxyl groups is 4. The first-order valence-electron chi connectivity index (χ1n) is 8.33. The van der Waals surface area contributed by atoms with Crippen LogP contribution in [0.2, 0.25) is 0 Å². The summed E-state index contributed by atoms with van der Waals surface area (Å²) >= 11 is 0. The highest BCUT2D eigenvalue weighted by Crippen LogP contribution is 2.38. The van der Waals surface area contributed by atoms with Gasteiger partial charge in [0.1, 0.15) is 42.0 Å². The molecule has 0 unspecified atom stereocenters. The number of hydrogen-bond acceptors (Lipinski definition) is 8. The van der Waals surface area contributed by atoms with Crippen molar-refractivity contribution in [2.24, 2.45) is 0 Å². The Labute approximate surface area is 154 Å². The van der Waals surface area contributed by atoms with Crippen LogP contribution in [0.25, 0.3) is 0 Å². The Bertz CT molecular complexity index is 792. The summed E-state index contributed by atoms with van der Waals surface area (Å²) in [5.74, 6) is -0.784. The average Bonchev–Trinajstić information content (AvgIpc) is 2.69. The van der Waals surface area contributed by atoms with Gasteiger partial charge >= 0.3 is 5.97 Å². The van der Waals surface area contributed by atoms with Gasteiger partial charge in [0.15, 0.2) is 0 Å². The van der Waals surface area contributed by atoms with Crippen LogP contribution in [-0.4, -0.2) is 62.5 Å². The fourth-order valence-electron chi connectivity index (χ4n) is 2.92. The van der Waals surface area contributed by atoms with Gasteiger partial charge in [-0.05, 0) is 30.3 Å². The molecule has 8 nitrogen and oxygen atoms in total. The van der Waals surface area contributed by atoms with Crippen LogP contribution in [0, 0.1) is 0 Å². The minimum absolute atomic E-state index is 0.0465. The van der Waals surface area contributed by atoms with E-state index in [0.29, 0.717) is 5.56 Å². The molecule has 0 saturated carbocycles. The fourth-order valence-corrected chi connectivity index (χ4v) is 2.92. The molecule has 0 aliphatic carbocycles. The van der Waals surface area contributed by atoms with Crippen LogP contribution in [0.1, 0.15) is 22.0 Å². The maximum atomic E-state index is 12.2. The molecule has 0 amide bonds. The fraction of sp³-hybridized carbons (Fsp3) is 0.316. The van der Waals surface area contributed by atoms with E-state index in [1.165, 1.54) is 18.2 Å². The first-order valence-corrected chi connectivity index (χ1v) is 8.33. The number of carbonyl (C=O) groups is 1. The van der Waals surface area contributed by atoms with Crippen LogP contribution in [0.15, 0.2) is 48.5 Å². The molecular formula is C19H20O8. The number of rotatable bonds is 4. The zero-order chi connectivity index (χ0) is 19.6. The molecule has 2 aromatic rings. The van der Waals surface area contributed by atoms with E-state index in [-0.39, 0.29) is 17.1 Å². The number of aromatic hydroxyl groups is 1. The number of phenolic OH excluding ortho intramolecular Hbond substituents is 1. The largest absolute Gasteiger partial charge is 0.508 e. The molecule has 3 rings (SSSR count). The van der Waals surface area contributed by atoms with Crippen molar-refractivity contribution in [3.63, 3.8) is 0 Å². The van der Waals surface area contributed by atoms with E-state index in [9.17, 15) is 30.3 Å². The SMILES string of the molecule is O=C(Oc1ccc(O)c([C@@H]2O[C@H](CO)[C@@H](O)[C@H](O)[C@H]2O)c1)c1ccccc1. The maximum absolute atomic E-state index is 12.2. The van der Waals surface area contributed by atoms with Crippen LogP contribution < -0.4 is 4.74 Å². The molecule has 1 saturated heterocycles. The summed E-state index contributed by atoms with van der Waals surface area (Å²) in [5, 5.41) is 49.4. The standard InChI is InChI=1S/C19H20O8/c20-9-14-15(22)16(23)17(24)18(27-14)12-8-11(6-7-13(12)21)26-19(25)10-4-2-1-3-5-10/h1-8,14-18,20-24H,9H2/t14-,15-,16+,17-,18+/m1/s1. The van der Waals surface area contributed by atoms with Crippen molar-refractivity contribution < 1.29 is 39.8 Å². The highest BCUT2D eigenvalue weighted by Gasteiger charge is 2.44. The van der Waals surface area contributed by atoms with Gasteiger partial charge in [0.2, 0.25) is 0 Å². The monoisotopic (exact) mass is 376 g/mol. The number of aliphatic hydroxyl groups excluding tert-OH is 4. The zero-order valence-electron chi connectivity index (χ0n) is 14.2. The van der Waals surface area contributed by atoms with Crippen LogP contribution in [-0.2, 0) is 4.74 Å². The van der Waals surface area contributed by atoms with Crippen molar-refractivity contribution in [1.29, 1.82) is 0 Å². The Kier molecular flexibility index (Phi) is 5.73. The molecule has 5 N–H and O–H groups in total. The van der Waals surface area contributed by atoms with E-state index in [1.54, 1.807) is 30.3 Å². The molecule has 0 aromatic heterocycles. The molecule has 27 heavy (non-hydrogen) atoms. The summed E-state index contributed by atoms with van der Waals surface area (Å²) in [4.78, 5) is 12.2. The number of esters is 1. The Morgan fingerprint density at radius 2 is 1.70 bits per heavy atom. The highest BCUT2D eigenvalue weighted by molar-refractivity contribution is 5.91. The summed E-state index contributed by atoms with van der Waals surface area (Å²) in [6.07, 6.45) is -7.02. The first-order chi connectivity index (χ1) is 12.9. The lowest BCUT2D eigenvalue weighted by Crippen LogP contribution is -2.55. The molecule has 1 heterocycles. The summed E-state index contributed by atoms with van der Waals surface area (Å²) in [6.45, 7) is -0.592. The van der Waals surface area contributed by atoms with Gasteiger partial charge < -0.3 is 35.0 Å². The molecule has 5 atom stereocenters. The molecule has 8 heteroatoms. The lowest BCUT2D eigenvalue weighted by molar-refractivity contribution is -0.232. The van der Waals surface area contributed by atoms with Gasteiger partial charge in [0, 0.05) is 5.56 Å². The van der Waals surface area contributed by atoms with Gasteiger partial charge in [0.25, 0.3) is 0 Å². The van der Waals surface area contributed by atoms with Gasteiger partial charge in [-0.15, -0.1) is 0 Å². The van der Waals surface area contributed by atoms with E-state index in [2.05, 4.69) is 0 Å². The van der Waals surface area contributed by atoms with E-state index < -0.39 is 43.1 Å². The van der Waals surface area contributed by atoms with Crippen molar-refractivity contribution in [2.75, 3.05) is 6.61 Å². The molecule has 144 valence electrons. The molecule has 1 aliphatic heterocycles. The number of ether oxygens (including phenoxy) is 2. The minimum atomic E-state index is -1.59. The van der Waals surface area contributed by atoms with E-state index >= 15 is 0 Å². The van der Waals surface area contributed by atoms with Gasteiger partial charge in [-0.25, -0.2) is 4.79 Å². The van der Waals surface area contributed by atoms with Gasteiger partial charge in [-0.2, -0.15) is 0 Å². The molecule has 1 aliphatic rings. The number of phenols is 1. The summed E-state index contributed by atoms with van der Waals surface area (Å²) in [7, 11) is 0. The van der Waals surface area contributed by atoms with Crippen LogP contribution in [0.3, 0.4) is 0 Å². The topological polar surface area (TPSA) is 137 Å². The quantitative estimate of drug-likeness (QED) is 0.375. The van der Waals surface area contributed by atoms with Crippen molar-refractivity contribution in [3.05, 3.63) is 59.7 Å².